The summed E-state index contributed by atoms with van der Waals surface area (Å²) in [6.45, 7) is 1.71. The summed E-state index contributed by atoms with van der Waals surface area (Å²) in [6, 6.07) is 5.14. The summed E-state index contributed by atoms with van der Waals surface area (Å²) < 4.78 is 5.22. The van der Waals surface area contributed by atoms with E-state index in [0.717, 1.165) is 0 Å². The number of fused-ring (bicyclic) bond motifs is 1. The molecule has 0 saturated carbocycles. The lowest BCUT2D eigenvalue weighted by Crippen LogP contribution is -2.04. The quantitative estimate of drug-likeness (QED) is 0.646. The van der Waals surface area contributed by atoms with Gasteiger partial charge in [0.2, 0.25) is 0 Å². The largest absolute Gasteiger partial charge is 0.462 e. The Morgan fingerprint density at radius 2 is 2.15 bits per heavy atom. The third-order valence-electron chi connectivity index (χ3n) is 1.92. The van der Waals surface area contributed by atoms with E-state index >= 15 is 0 Å². The van der Waals surface area contributed by atoms with E-state index in [0.29, 0.717) is 21.6 Å². The summed E-state index contributed by atoms with van der Waals surface area (Å²) in [7, 11) is 0. The maximum atomic E-state index is 11.6. The van der Waals surface area contributed by atoms with Gasteiger partial charge in [-0.1, -0.05) is 17.7 Å². The zero-order chi connectivity index (χ0) is 9.42. The van der Waals surface area contributed by atoms with Crippen molar-refractivity contribution in [1.29, 1.82) is 0 Å². The van der Waals surface area contributed by atoms with E-state index in [-0.39, 0.29) is 5.43 Å². The molecule has 0 amide bonds. The Hall–Kier alpha value is -1.28. The van der Waals surface area contributed by atoms with Gasteiger partial charge in [-0.05, 0) is 19.1 Å². The van der Waals surface area contributed by atoms with Gasteiger partial charge in [0, 0.05) is 5.56 Å². The maximum absolute atomic E-state index is 11.6. The van der Waals surface area contributed by atoms with Crippen molar-refractivity contribution >= 4 is 22.6 Å². The predicted molar refractivity (Wildman–Crippen MR) is 52.2 cm³/mol. The molecule has 0 fully saturated rings. The highest BCUT2D eigenvalue weighted by atomic mass is 35.5. The van der Waals surface area contributed by atoms with E-state index in [4.69, 9.17) is 16.0 Å². The van der Waals surface area contributed by atoms with Crippen LogP contribution >= 0.6 is 11.6 Å². The Kier molecular flexibility index (Phi) is 1.85. The highest BCUT2D eigenvalue weighted by Crippen LogP contribution is 2.20. The molecule has 0 atom stereocenters. The van der Waals surface area contributed by atoms with E-state index in [2.05, 4.69) is 0 Å². The molecule has 0 N–H and O–H groups in total. The predicted octanol–water partition coefficient (Wildman–Crippen LogP) is 2.75. The van der Waals surface area contributed by atoms with Gasteiger partial charge in [-0.3, -0.25) is 4.79 Å². The van der Waals surface area contributed by atoms with Crippen LogP contribution in [0.5, 0.6) is 0 Å². The summed E-state index contributed by atoms with van der Waals surface area (Å²) in [4.78, 5) is 11.6. The molecule has 0 bridgehead atoms. The molecule has 1 aromatic heterocycles. The number of hydrogen-bond donors (Lipinski definition) is 0. The molecular formula is C10H7ClO2. The number of para-hydroxylation sites is 1. The number of rotatable bonds is 0. The van der Waals surface area contributed by atoms with Crippen molar-refractivity contribution in [3.05, 3.63) is 45.3 Å². The molecule has 0 aliphatic carbocycles. The van der Waals surface area contributed by atoms with Crippen LogP contribution in [0.2, 0.25) is 5.02 Å². The molecule has 0 aliphatic rings. The Labute approximate surface area is 79.7 Å². The van der Waals surface area contributed by atoms with Crippen molar-refractivity contribution < 1.29 is 4.42 Å². The van der Waals surface area contributed by atoms with E-state index in [1.807, 2.05) is 0 Å². The Balaban J connectivity index is 3.03. The van der Waals surface area contributed by atoms with Crippen molar-refractivity contribution in [2.24, 2.45) is 0 Å². The number of hydrogen-bond acceptors (Lipinski definition) is 2. The van der Waals surface area contributed by atoms with E-state index in [1.165, 1.54) is 6.26 Å². The highest BCUT2D eigenvalue weighted by molar-refractivity contribution is 6.34. The van der Waals surface area contributed by atoms with Gasteiger partial charge in [0.05, 0.1) is 16.7 Å². The molecule has 2 nitrogen and oxygen atoms in total. The molecule has 1 heterocycles. The van der Waals surface area contributed by atoms with Crippen molar-refractivity contribution in [3.8, 4) is 0 Å². The van der Waals surface area contributed by atoms with Gasteiger partial charge < -0.3 is 4.42 Å². The lowest BCUT2D eigenvalue weighted by molar-refractivity contribution is 0.597. The van der Waals surface area contributed by atoms with E-state index in [1.54, 1.807) is 25.1 Å². The summed E-state index contributed by atoms with van der Waals surface area (Å²) in [5, 5.41) is 1.00. The van der Waals surface area contributed by atoms with Crippen LogP contribution in [-0.4, -0.2) is 0 Å². The first kappa shape index (κ1) is 8.32. The number of halogens is 1. The molecule has 0 spiro atoms. The fraction of sp³-hybridized carbons (Fsp3) is 0.100. The molecule has 0 aliphatic heterocycles. The van der Waals surface area contributed by atoms with Crippen LogP contribution < -0.4 is 5.43 Å². The summed E-state index contributed by atoms with van der Waals surface area (Å²) in [5.41, 5.74) is 1.03. The van der Waals surface area contributed by atoms with Crippen molar-refractivity contribution in [1.82, 2.24) is 0 Å². The first-order valence-electron chi connectivity index (χ1n) is 3.87. The lowest BCUT2D eigenvalue weighted by atomic mass is 10.2. The van der Waals surface area contributed by atoms with Crippen LogP contribution in [-0.2, 0) is 0 Å². The van der Waals surface area contributed by atoms with Gasteiger partial charge in [0.25, 0.3) is 0 Å². The number of benzene rings is 1. The van der Waals surface area contributed by atoms with Gasteiger partial charge in [0.15, 0.2) is 11.0 Å². The minimum absolute atomic E-state index is 0.0243. The van der Waals surface area contributed by atoms with Crippen LogP contribution in [0.3, 0.4) is 0 Å². The van der Waals surface area contributed by atoms with E-state index < -0.39 is 0 Å². The molecule has 13 heavy (non-hydrogen) atoms. The Bertz CT molecular complexity index is 514. The van der Waals surface area contributed by atoms with Gasteiger partial charge in [-0.15, -0.1) is 0 Å². The molecule has 66 valence electrons. The second-order valence-electron chi connectivity index (χ2n) is 2.86. The second-order valence-corrected chi connectivity index (χ2v) is 3.27. The average Bonchev–Trinajstić information content (AvgIpc) is 2.12. The van der Waals surface area contributed by atoms with Crippen molar-refractivity contribution in [2.75, 3.05) is 0 Å². The normalized spacial score (nSPS) is 10.6. The first-order valence-corrected chi connectivity index (χ1v) is 4.24. The zero-order valence-electron chi connectivity index (χ0n) is 7.00. The summed E-state index contributed by atoms with van der Waals surface area (Å²) >= 11 is 5.85. The molecule has 1 aromatic carbocycles. The fourth-order valence-electron chi connectivity index (χ4n) is 1.22. The minimum Gasteiger partial charge on any atom is -0.462 e. The van der Waals surface area contributed by atoms with Crippen LogP contribution in [0.25, 0.3) is 11.0 Å². The minimum atomic E-state index is -0.0243. The van der Waals surface area contributed by atoms with Gasteiger partial charge in [0.1, 0.15) is 0 Å². The molecule has 2 rings (SSSR count). The number of aryl methyl sites for hydroxylation is 1. The molecular weight excluding hydrogens is 188 g/mol. The van der Waals surface area contributed by atoms with E-state index in [9.17, 15) is 4.79 Å². The van der Waals surface area contributed by atoms with Crippen LogP contribution in [0.1, 0.15) is 5.56 Å². The van der Waals surface area contributed by atoms with Gasteiger partial charge in [-0.2, -0.15) is 0 Å². The molecule has 0 saturated heterocycles. The highest BCUT2D eigenvalue weighted by Gasteiger charge is 2.05. The lowest BCUT2D eigenvalue weighted by Gasteiger charge is -1.98. The molecule has 3 heteroatoms. The second kappa shape index (κ2) is 2.89. The summed E-state index contributed by atoms with van der Waals surface area (Å²) in [5.74, 6) is 0. The SMILES string of the molecule is Cc1coc2c(Cl)cccc2c1=O. The standard InChI is InChI=1S/C10H7ClO2/c1-6-5-13-10-7(9(6)12)3-2-4-8(10)11/h2-5H,1H3. The fourth-order valence-corrected chi connectivity index (χ4v) is 1.44. The molecule has 0 unspecified atom stereocenters. The van der Waals surface area contributed by atoms with Crippen LogP contribution in [0, 0.1) is 6.92 Å². The topological polar surface area (TPSA) is 30.2 Å². The van der Waals surface area contributed by atoms with Gasteiger partial charge >= 0.3 is 0 Å². The van der Waals surface area contributed by atoms with Crippen LogP contribution in [0.4, 0.5) is 0 Å². The van der Waals surface area contributed by atoms with Gasteiger partial charge in [-0.25, -0.2) is 0 Å². The third-order valence-corrected chi connectivity index (χ3v) is 2.22. The van der Waals surface area contributed by atoms with Crippen LogP contribution in [0.15, 0.2) is 33.7 Å². The Morgan fingerprint density at radius 3 is 2.92 bits per heavy atom. The maximum Gasteiger partial charge on any atom is 0.195 e. The molecule has 0 radical (unpaired) electrons. The molecule has 2 aromatic rings. The smallest absolute Gasteiger partial charge is 0.195 e. The van der Waals surface area contributed by atoms with Crippen molar-refractivity contribution in [3.63, 3.8) is 0 Å². The van der Waals surface area contributed by atoms with Crippen molar-refractivity contribution in [2.45, 2.75) is 6.92 Å². The monoisotopic (exact) mass is 194 g/mol. The summed E-state index contributed by atoms with van der Waals surface area (Å²) in [6.07, 6.45) is 1.43. The third kappa shape index (κ3) is 1.23. The Morgan fingerprint density at radius 1 is 1.38 bits per heavy atom. The first-order chi connectivity index (χ1) is 6.20. The average molecular weight is 195 g/mol. The zero-order valence-corrected chi connectivity index (χ0v) is 7.76.